The fourth-order valence-corrected chi connectivity index (χ4v) is 3.41. The molecule has 0 saturated carbocycles. The smallest absolute Gasteiger partial charge is 0.319 e. The fraction of sp³-hybridized carbons (Fsp3) is 0.304. The Balaban J connectivity index is 1.49. The van der Waals surface area contributed by atoms with Crippen LogP contribution in [-0.4, -0.2) is 36.5 Å². The van der Waals surface area contributed by atoms with Crippen molar-refractivity contribution in [3.8, 4) is 0 Å². The van der Waals surface area contributed by atoms with Crippen molar-refractivity contribution in [3.05, 3.63) is 71.3 Å². The van der Waals surface area contributed by atoms with E-state index in [-0.39, 0.29) is 23.4 Å². The Hall–Kier alpha value is -3.22. The van der Waals surface area contributed by atoms with Crippen LogP contribution in [0.5, 0.6) is 0 Å². The van der Waals surface area contributed by atoms with E-state index >= 15 is 0 Å². The molecule has 1 heterocycles. The highest BCUT2D eigenvalue weighted by molar-refractivity contribution is 5.92. The van der Waals surface area contributed by atoms with Gasteiger partial charge in [0.25, 0.3) is 0 Å². The van der Waals surface area contributed by atoms with Gasteiger partial charge in [-0.3, -0.25) is 4.79 Å². The Morgan fingerprint density at radius 3 is 2.53 bits per heavy atom. The maximum atomic E-state index is 13.7. The molecule has 30 heavy (non-hydrogen) atoms. The Labute approximate surface area is 174 Å². The first kappa shape index (κ1) is 21.5. The third-order valence-electron chi connectivity index (χ3n) is 5.08. The number of nitrogens with zero attached hydrogens (tertiary/aromatic N) is 1. The summed E-state index contributed by atoms with van der Waals surface area (Å²) in [6.45, 7) is 3.47. The first-order chi connectivity index (χ1) is 14.4. The number of likely N-dealkylation sites (tertiary alicyclic amines) is 1. The number of hydrogen-bond donors (Lipinski definition) is 2. The molecule has 2 N–H and O–H groups in total. The molecule has 2 aromatic rings. The summed E-state index contributed by atoms with van der Waals surface area (Å²) in [6.07, 6.45) is 4.06. The van der Waals surface area contributed by atoms with Crippen LogP contribution in [0.4, 0.5) is 19.3 Å². The number of rotatable bonds is 5. The van der Waals surface area contributed by atoms with Gasteiger partial charge in [0, 0.05) is 37.0 Å². The molecule has 7 heteroatoms. The van der Waals surface area contributed by atoms with E-state index < -0.39 is 11.6 Å². The maximum absolute atomic E-state index is 13.7. The summed E-state index contributed by atoms with van der Waals surface area (Å²) in [6, 6.07) is 10.8. The number of urea groups is 1. The van der Waals surface area contributed by atoms with E-state index in [4.69, 9.17) is 0 Å². The molecule has 0 spiro atoms. The Morgan fingerprint density at radius 1 is 1.13 bits per heavy atom. The lowest BCUT2D eigenvalue weighted by atomic mass is 9.98. The first-order valence-corrected chi connectivity index (χ1v) is 9.95. The Morgan fingerprint density at radius 2 is 1.83 bits per heavy atom. The topological polar surface area (TPSA) is 61.4 Å². The van der Waals surface area contributed by atoms with Crippen LogP contribution >= 0.6 is 0 Å². The van der Waals surface area contributed by atoms with Gasteiger partial charge in [0.15, 0.2) is 0 Å². The molecule has 1 unspecified atom stereocenters. The highest BCUT2D eigenvalue weighted by Gasteiger charge is 2.23. The van der Waals surface area contributed by atoms with E-state index in [1.54, 1.807) is 4.90 Å². The number of carbonyl (C=O) groups is 2. The van der Waals surface area contributed by atoms with Crippen LogP contribution < -0.4 is 10.6 Å². The number of halogens is 2. The molecule has 1 aliphatic heterocycles. The molecule has 5 nitrogen and oxygen atoms in total. The number of carbonyl (C=O) groups excluding carboxylic acids is 2. The summed E-state index contributed by atoms with van der Waals surface area (Å²) in [7, 11) is 0. The summed E-state index contributed by atoms with van der Waals surface area (Å²) in [5.41, 5.74) is 1.60. The molecule has 0 aromatic heterocycles. The quantitative estimate of drug-likeness (QED) is 0.716. The van der Waals surface area contributed by atoms with E-state index in [1.807, 2.05) is 31.2 Å². The third-order valence-corrected chi connectivity index (χ3v) is 5.08. The van der Waals surface area contributed by atoms with Gasteiger partial charge in [0.2, 0.25) is 5.91 Å². The van der Waals surface area contributed by atoms with Crippen molar-refractivity contribution in [3.63, 3.8) is 0 Å². The minimum Gasteiger partial charge on any atom is -0.339 e. The molecule has 3 rings (SSSR count). The second-order valence-corrected chi connectivity index (χ2v) is 7.46. The summed E-state index contributed by atoms with van der Waals surface area (Å²) in [5.74, 6) is -1.60. The zero-order chi connectivity index (χ0) is 21.5. The van der Waals surface area contributed by atoms with Gasteiger partial charge in [-0.2, -0.15) is 0 Å². The Bertz CT molecular complexity index is 908. The van der Waals surface area contributed by atoms with Crippen LogP contribution in [0.3, 0.4) is 0 Å². The molecule has 0 radical (unpaired) electrons. The van der Waals surface area contributed by atoms with Crippen LogP contribution in [0, 0.1) is 24.5 Å². The monoisotopic (exact) mass is 413 g/mol. The fourth-order valence-electron chi connectivity index (χ4n) is 3.41. The zero-order valence-electron chi connectivity index (χ0n) is 16.8. The van der Waals surface area contributed by atoms with Crippen molar-refractivity contribution in [2.24, 2.45) is 5.92 Å². The van der Waals surface area contributed by atoms with Gasteiger partial charge in [-0.25, -0.2) is 13.6 Å². The number of nitrogens with one attached hydrogen (secondary N) is 2. The molecule has 1 aliphatic rings. The van der Waals surface area contributed by atoms with E-state index in [0.717, 1.165) is 30.5 Å². The van der Waals surface area contributed by atoms with Gasteiger partial charge < -0.3 is 15.5 Å². The molecule has 2 aromatic carbocycles. The van der Waals surface area contributed by atoms with Crippen LogP contribution in [0.25, 0.3) is 6.08 Å². The van der Waals surface area contributed by atoms with Crippen LogP contribution in [0.2, 0.25) is 0 Å². The molecule has 0 aliphatic carbocycles. The average molecular weight is 413 g/mol. The van der Waals surface area contributed by atoms with Crippen molar-refractivity contribution < 1.29 is 18.4 Å². The zero-order valence-corrected chi connectivity index (χ0v) is 16.8. The van der Waals surface area contributed by atoms with Crippen LogP contribution in [-0.2, 0) is 4.79 Å². The van der Waals surface area contributed by atoms with Gasteiger partial charge >= 0.3 is 6.03 Å². The predicted molar refractivity (Wildman–Crippen MR) is 113 cm³/mol. The number of amides is 3. The third kappa shape index (κ3) is 5.89. The number of hydrogen-bond acceptors (Lipinski definition) is 2. The second-order valence-electron chi connectivity index (χ2n) is 7.46. The van der Waals surface area contributed by atoms with Gasteiger partial charge in [-0.15, -0.1) is 0 Å². The van der Waals surface area contributed by atoms with Crippen LogP contribution in [0.15, 0.2) is 48.5 Å². The number of piperidine rings is 1. The van der Waals surface area contributed by atoms with Crippen LogP contribution in [0.1, 0.15) is 24.0 Å². The van der Waals surface area contributed by atoms with Crippen molar-refractivity contribution in [2.45, 2.75) is 19.8 Å². The predicted octanol–water partition coefficient (Wildman–Crippen LogP) is 4.35. The average Bonchev–Trinajstić information content (AvgIpc) is 2.73. The number of anilines is 1. The lowest BCUT2D eigenvalue weighted by Crippen LogP contribution is -2.43. The summed E-state index contributed by atoms with van der Waals surface area (Å²) in [4.78, 5) is 26.2. The van der Waals surface area contributed by atoms with Crippen molar-refractivity contribution in [1.29, 1.82) is 0 Å². The largest absolute Gasteiger partial charge is 0.339 e. The summed E-state index contributed by atoms with van der Waals surface area (Å²) < 4.78 is 27.4. The number of aryl methyl sites for hydroxylation is 1. The Kier molecular flexibility index (Phi) is 7.17. The van der Waals surface area contributed by atoms with E-state index in [9.17, 15) is 18.4 Å². The summed E-state index contributed by atoms with van der Waals surface area (Å²) >= 11 is 0. The van der Waals surface area contributed by atoms with Crippen molar-refractivity contribution >= 4 is 23.7 Å². The molecular formula is C23H25F2N3O2. The van der Waals surface area contributed by atoms with Gasteiger partial charge in [-0.05, 0) is 56.0 Å². The SMILES string of the molecule is Cc1ccc(NC(=O)NCC2CCCN(C(=O)/C=C/c3c(F)cccc3F)C2)cc1. The standard InChI is InChI=1S/C23H25F2N3O2/c1-16-7-9-18(10-8-16)27-23(30)26-14-17-4-3-13-28(15-17)22(29)12-11-19-20(24)5-2-6-21(19)25/h2,5-12,17H,3-4,13-15H2,1H3,(H2,26,27,30)/b12-11+. The minimum absolute atomic E-state index is 0.116. The molecule has 1 saturated heterocycles. The maximum Gasteiger partial charge on any atom is 0.319 e. The second kappa shape index (κ2) is 10.0. The van der Waals surface area contributed by atoms with Gasteiger partial charge in [0.05, 0.1) is 0 Å². The van der Waals surface area contributed by atoms with Gasteiger partial charge in [-0.1, -0.05) is 23.8 Å². The van der Waals surface area contributed by atoms with E-state index in [2.05, 4.69) is 10.6 Å². The molecule has 158 valence electrons. The highest BCUT2D eigenvalue weighted by Crippen LogP contribution is 2.18. The minimum atomic E-state index is -0.709. The summed E-state index contributed by atoms with van der Waals surface area (Å²) in [5, 5.41) is 5.62. The molecular weight excluding hydrogens is 388 g/mol. The highest BCUT2D eigenvalue weighted by atomic mass is 19.1. The molecule has 3 amide bonds. The normalized spacial score (nSPS) is 16.5. The number of benzene rings is 2. The van der Waals surface area contributed by atoms with Crippen molar-refractivity contribution in [2.75, 3.05) is 25.0 Å². The van der Waals surface area contributed by atoms with Gasteiger partial charge in [0.1, 0.15) is 11.6 Å². The van der Waals surface area contributed by atoms with Crippen molar-refractivity contribution in [1.82, 2.24) is 10.2 Å². The van der Waals surface area contributed by atoms with E-state index in [1.165, 1.54) is 18.2 Å². The molecule has 0 bridgehead atoms. The first-order valence-electron chi connectivity index (χ1n) is 9.95. The molecule has 1 fully saturated rings. The van der Waals surface area contributed by atoms with E-state index in [0.29, 0.717) is 25.3 Å². The lowest BCUT2D eigenvalue weighted by molar-refractivity contribution is -0.127. The molecule has 1 atom stereocenters. The lowest BCUT2D eigenvalue weighted by Gasteiger charge is -2.32.